The van der Waals surface area contributed by atoms with Gasteiger partial charge in [0.05, 0.1) is 27.4 Å². The van der Waals surface area contributed by atoms with Crippen molar-refractivity contribution < 1.29 is 28.4 Å². The summed E-state index contributed by atoms with van der Waals surface area (Å²) < 4.78 is 15.7. The number of nitrogens with one attached hydrogen (secondary N) is 1. The number of benzene rings is 3. The Morgan fingerprint density at radius 1 is 0.833 bits per heavy atom. The van der Waals surface area contributed by atoms with Crippen molar-refractivity contribution in [2.24, 2.45) is 5.41 Å². The largest absolute Gasteiger partial charge is 0.371 e. The molecule has 3 aromatic rings. The lowest BCUT2D eigenvalue weighted by Crippen LogP contribution is -2.54. The van der Waals surface area contributed by atoms with Gasteiger partial charge in [0.2, 0.25) is 11.8 Å². The maximum atomic E-state index is 15.7. The Labute approximate surface area is 353 Å². The van der Waals surface area contributed by atoms with Gasteiger partial charge >= 0.3 is 0 Å². The van der Waals surface area contributed by atoms with Gasteiger partial charge in [-0.2, -0.15) is 5.26 Å². The smallest absolute Gasteiger partial charge is 0.262 e. The zero-order valence-electron chi connectivity index (χ0n) is 33.7. The summed E-state index contributed by atoms with van der Waals surface area (Å²) in [4.78, 5) is 76.1. The van der Waals surface area contributed by atoms with Crippen LogP contribution in [-0.2, 0) is 9.59 Å². The van der Waals surface area contributed by atoms with Gasteiger partial charge in [0, 0.05) is 94.3 Å². The van der Waals surface area contributed by atoms with E-state index in [4.69, 9.17) is 11.6 Å². The molecule has 6 aliphatic rings. The predicted octanol–water partition coefficient (Wildman–Crippen LogP) is 5.06. The van der Waals surface area contributed by atoms with E-state index >= 15 is 4.39 Å². The highest BCUT2D eigenvalue weighted by atomic mass is 35.5. The Morgan fingerprint density at radius 2 is 1.55 bits per heavy atom. The van der Waals surface area contributed by atoms with E-state index in [1.807, 2.05) is 23.1 Å². The lowest BCUT2D eigenvalue weighted by atomic mass is 9.76. The van der Waals surface area contributed by atoms with Crippen molar-refractivity contribution in [3.8, 4) is 6.07 Å². The number of nitriles is 1. The van der Waals surface area contributed by atoms with E-state index in [0.717, 1.165) is 94.2 Å². The summed E-state index contributed by atoms with van der Waals surface area (Å²) in [6.45, 7) is 8.69. The van der Waals surface area contributed by atoms with Crippen LogP contribution in [0.5, 0.6) is 0 Å². The molecule has 0 radical (unpaired) electrons. The molecule has 5 fully saturated rings. The molecule has 0 aromatic heterocycles. The van der Waals surface area contributed by atoms with Crippen molar-refractivity contribution in [3.63, 3.8) is 0 Å². The number of carbonyl (C=O) groups is 5. The molecule has 60 heavy (non-hydrogen) atoms. The van der Waals surface area contributed by atoms with Crippen molar-refractivity contribution in [2.45, 2.75) is 70.0 Å². The molecule has 9 rings (SSSR count). The molecular formula is C45H48ClFN8O5. The van der Waals surface area contributed by atoms with E-state index in [1.54, 1.807) is 30.3 Å². The second-order valence-corrected chi connectivity index (χ2v) is 17.7. The van der Waals surface area contributed by atoms with Gasteiger partial charge in [-0.1, -0.05) is 11.6 Å². The number of rotatable bonds is 6. The first-order valence-electron chi connectivity index (χ1n) is 21.1. The first-order chi connectivity index (χ1) is 28.9. The van der Waals surface area contributed by atoms with Crippen molar-refractivity contribution in [1.82, 2.24) is 20.0 Å². The number of hydrogen-bond acceptors (Lipinski definition) is 10. The maximum Gasteiger partial charge on any atom is 0.262 e. The molecule has 1 unspecified atom stereocenters. The third-order valence-corrected chi connectivity index (χ3v) is 14.2. The van der Waals surface area contributed by atoms with Crippen LogP contribution in [0.15, 0.2) is 54.6 Å². The minimum Gasteiger partial charge on any atom is -0.371 e. The number of imide groups is 2. The van der Waals surface area contributed by atoms with Crippen molar-refractivity contribution in [1.29, 1.82) is 5.26 Å². The minimum absolute atomic E-state index is 0.0746. The van der Waals surface area contributed by atoms with Crippen molar-refractivity contribution in [3.05, 3.63) is 87.7 Å². The van der Waals surface area contributed by atoms with E-state index in [-0.39, 0.29) is 41.1 Å². The second kappa shape index (κ2) is 15.8. The van der Waals surface area contributed by atoms with Crippen LogP contribution in [0.4, 0.5) is 21.5 Å². The number of piperazine rings is 1. The van der Waals surface area contributed by atoms with Crippen LogP contribution in [0.2, 0.25) is 5.02 Å². The average Bonchev–Trinajstić information content (AvgIpc) is 3.71. The van der Waals surface area contributed by atoms with Gasteiger partial charge in [-0.15, -0.1) is 0 Å². The number of fused-ring (bicyclic) bond motifs is 1. The van der Waals surface area contributed by atoms with Crippen LogP contribution in [0, 0.1) is 22.6 Å². The minimum atomic E-state index is -0.996. The number of nitrogens with zero attached hydrogens (tertiary/aromatic N) is 7. The topological polar surface area (TPSA) is 141 Å². The molecule has 3 aromatic carbocycles. The van der Waals surface area contributed by atoms with Gasteiger partial charge in [0.25, 0.3) is 17.7 Å². The lowest BCUT2D eigenvalue weighted by molar-refractivity contribution is -0.136. The fourth-order valence-corrected chi connectivity index (χ4v) is 10.8. The van der Waals surface area contributed by atoms with Crippen LogP contribution < -0.4 is 20.0 Å². The van der Waals surface area contributed by atoms with Crippen LogP contribution in [0.25, 0.3) is 0 Å². The third-order valence-electron chi connectivity index (χ3n) is 13.9. The highest BCUT2D eigenvalue weighted by Gasteiger charge is 2.46. The summed E-state index contributed by atoms with van der Waals surface area (Å²) >= 11 is 6.36. The van der Waals surface area contributed by atoms with Crippen molar-refractivity contribution in [2.75, 3.05) is 73.6 Å². The van der Waals surface area contributed by atoms with E-state index in [2.05, 4.69) is 37.9 Å². The Balaban J connectivity index is 0.749. The lowest BCUT2D eigenvalue weighted by Gasteiger charge is -2.43. The number of carbonyl (C=O) groups excluding carboxylic acids is 5. The molecule has 0 aliphatic carbocycles. The fourth-order valence-electron chi connectivity index (χ4n) is 10.5. The Hall–Kier alpha value is -5.52. The number of hydrogen-bond donors (Lipinski definition) is 1. The van der Waals surface area contributed by atoms with Gasteiger partial charge in [-0.05, 0) is 105 Å². The predicted molar refractivity (Wildman–Crippen MR) is 224 cm³/mol. The molecule has 0 bridgehead atoms. The molecule has 0 saturated carbocycles. The third kappa shape index (κ3) is 7.25. The maximum absolute atomic E-state index is 15.7. The molecule has 13 nitrogen and oxygen atoms in total. The normalized spacial score (nSPS) is 23.7. The highest BCUT2D eigenvalue weighted by Crippen LogP contribution is 2.46. The molecule has 6 heterocycles. The Bertz CT molecular complexity index is 2310. The van der Waals surface area contributed by atoms with E-state index in [1.165, 1.54) is 6.07 Å². The van der Waals surface area contributed by atoms with Crippen LogP contribution in [0.1, 0.15) is 88.5 Å². The molecule has 1 N–H and O–H groups in total. The first kappa shape index (κ1) is 39.9. The number of anilines is 3. The van der Waals surface area contributed by atoms with Gasteiger partial charge in [0.1, 0.15) is 17.9 Å². The molecule has 312 valence electrons. The molecular weight excluding hydrogens is 787 g/mol. The zero-order valence-corrected chi connectivity index (χ0v) is 34.4. The summed E-state index contributed by atoms with van der Waals surface area (Å²) in [5.41, 5.74) is 3.91. The number of halogens is 2. The van der Waals surface area contributed by atoms with Crippen LogP contribution in [0.3, 0.4) is 0 Å². The zero-order chi connectivity index (χ0) is 41.9. The van der Waals surface area contributed by atoms with Crippen molar-refractivity contribution >= 4 is 58.2 Å². The van der Waals surface area contributed by atoms with Gasteiger partial charge in [-0.25, -0.2) is 4.39 Å². The summed E-state index contributed by atoms with van der Waals surface area (Å²) in [7, 11) is 0. The number of piperidine rings is 3. The molecule has 5 amide bonds. The van der Waals surface area contributed by atoms with Gasteiger partial charge < -0.3 is 19.6 Å². The first-order valence-corrected chi connectivity index (χ1v) is 21.4. The Morgan fingerprint density at radius 3 is 2.23 bits per heavy atom. The summed E-state index contributed by atoms with van der Waals surface area (Å²) in [5.74, 6) is -2.58. The molecule has 6 aliphatic heterocycles. The molecule has 2 atom stereocenters. The van der Waals surface area contributed by atoms with Gasteiger partial charge in [-0.3, -0.25) is 39.1 Å². The fraction of sp³-hybridized carbons (Fsp3) is 0.467. The summed E-state index contributed by atoms with van der Waals surface area (Å²) in [6, 6.07) is 17.6. The van der Waals surface area contributed by atoms with Crippen LogP contribution >= 0.6 is 11.6 Å². The molecule has 5 saturated heterocycles. The second-order valence-electron chi connectivity index (χ2n) is 17.3. The van der Waals surface area contributed by atoms with E-state index in [0.29, 0.717) is 47.0 Å². The Kier molecular flexibility index (Phi) is 10.5. The van der Waals surface area contributed by atoms with Crippen LogP contribution in [-0.4, -0.2) is 121 Å². The van der Waals surface area contributed by atoms with E-state index in [9.17, 15) is 29.2 Å². The van der Waals surface area contributed by atoms with E-state index < -0.39 is 29.7 Å². The monoisotopic (exact) mass is 834 g/mol. The quantitative estimate of drug-likeness (QED) is 0.335. The summed E-state index contributed by atoms with van der Waals surface area (Å²) in [6.07, 6.45) is 4.90. The average molecular weight is 835 g/mol. The summed E-state index contributed by atoms with van der Waals surface area (Å²) in [5, 5.41) is 12.0. The number of amides is 5. The highest BCUT2D eigenvalue weighted by molar-refractivity contribution is 6.32. The SMILES string of the molecule is C[C@H]1CC2(CCN(c3ccc(C(=O)N4CCN(C5CCN(c6ccc7c(c6)C(=O)N(C6CCC(=O)NC6=O)C7=O)CC5)CC4)cc3F)CC2)CN1c1ccc(C#N)c(Cl)c1. The van der Waals surface area contributed by atoms with Gasteiger partial charge in [0.15, 0.2) is 0 Å². The molecule has 1 spiro atoms. The molecule has 15 heteroatoms. The standard InChI is InChI=1S/C45H48ClFN8O5/c1-28-25-45(27-54(28)33-4-2-30(26-48)36(46)24-33)12-16-52(17-13-45)38-7-3-29(22-37(38)47)42(58)53-20-18-51(19-21-53)31-10-14-50(15-11-31)32-5-6-34-35(23-32)44(60)55(43(34)59)39-8-9-40(56)49-41(39)57/h2-7,22-24,28,31,39H,8-21,25,27H2,1H3,(H,49,56,57)/t28-,39?/m0/s1.